The Morgan fingerprint density at radius 1 is 1.31 bits per heavy atom. The Kier molecular flexibility index (Phi) is 6.51. The van der Waals surface area contributed by atoms with Crippen LogP contribution in [0, 0.1) is 11.3 Å². The number of nitrogens with one attached hydrogen (secondary N) is 1. The molecule has 2 unspecified atom stereocenters. The molecule has 0 aromatic rings. The van der Waals surface area contributed by atoms with Crippen molar-refractivity contribution in [3.8, 4) is 0 Å². The summed E-state index contributed by atoms with van der Waals surface area (Å²) in [6.07, 6.45) is 1.58. The maximum atomic E-state index is 12.6. The topological polar surface area (TPSA) is 102 Å². The number of esters is 1. The number of carbonyl (C=O) groups excluding carboxylic acids is 1. The highest BCUT2D eigenvalue weighted by Crippen LogP contribution is 2.48. The van der Waals surface area contributed by atoms with Crippen molar-refractivity contribution in [1.29, 1.82) is 0 Å². The molecule has 2 N–H and O–H groups in total. The summed E-state index contributed by atoms with van der Waals surface area (Å²) in [4.78, 5) is 24.7. The minimum absolute atomic E-state index is 0.0523. The zero-order valence-corrected chi connectivity index (χ0v) is 17.2. The molecule has 1 saturated heterocycles. The van der Waals surface area contributed by atoms with Gasteiger partial charge in [-0.1, -0.05) is 13.8 Å². The number of hydrogen-bond donors (Lipinski definition) is 2. The quantitative estimate of drug-likeness (QED) is 0.567. The fourth-order valence-electron chi connectivity index (χ4n) is 3.76. The third-order valence-corrected chi connectivity index (χ3v) is 7.07. The number of ether oxygens (including phenoxy) is 1. The zero-order valence-electron chi connectivity index (χ0n) is 16.4. The summed E-state index contributed by atoms with van der Waals surface area (Å²) in [5.74, 6) is -0.402. The second kappa shape index (κ2) is 7.94. The van der Waals surface area contributed by atoms with Crippen LogP contribution in [-0.4, -0.2) is 56.6 Å². The molecule has 2 fully saturated rings. The number of likely N-dealkylation sites (tertiary alicyclic amines) is 1. The average molecular weight is 389 g/mol. The Labute approximate surface area is 159 Å². The predicted molar refractivity (Wildman–Crippen MR) is 100 cm³/mol. The van der Waals surface area contributed by atoms with Crippen molar-refractivity contribution in [2.24, 2.45) is 11.3 Å². The summed E-state index contributed by atoms with van der Waals surface area (Å²) < 4.78 is 21.2. The lowest BCUT2D eigenvalue weighted by atomic mass is 9.74. The molecule has 1 heterocycles. The summed E-state index contributed by atoms with van der Waals surface area (Å²) >= 11 is -1.23. The number of rotatable bonds is 4. The summed E-state index contributed by atoms with van der Waals surface area (Å²) in [5, 5.41) is 9.21. The highest BCUT2D eigenvalue weighted by molar-refractivity contribution is 7.90. The van der Waals surface area contributed by atoms with Gasteiger partial charge in [0.25, 0.3) is 0 Å². The van der Waals surface area contributed by atoms with E-state index in [1.807, 2.05) is 34.6 Å². The van der Waals surface area contributed by atoms with Crippen LogP contribution < -0.4 is 4.72 Å². The molecule has 8 heteroatoms. The van der Waals surface area contributed by atoms with Crippen LogP contribution >= 0.6 is 0 Å². The van der Waals surface area contributed by atoms with Crippen molar-refractivity contribution in [2.75, 3.05) is 13.1 Å². The molecule has 26 heavy (non-hydrogen) atoms. The van der Waals surface area contributed by atoms with E-state index in [0.29, 0.717) is 38.8 Å². The van der Waals surface area contributed by atoms with Gasteiger partial charge in [-0.05, 0) is 45.4 Å². The Hall–Kier alpha value is -0.990. The second-order valence-electron chi connectivity index (χ2n) is 8.84. The van der Waals surface area contributed by atoms with E-state index < -0.39 is 22.2 Å². The molecular formula is C18H32N2O5S. The van der Waals surface area contributed by atoms with E-state index >= 15 is 0 Å². The fourth-order valence-corrected chi connectivity index (χ4v) is 4.72. The van der Waals surface area contributed by atoms with E-state index in [-0.39, 0.29) is 29.4 Å². The molecule has 1 spiro atoms. The van der Waals surface area contributed by atoms with Crippen molar-refractivity contribution in [3.63, 3.8) is 0 Å². The van der Waals surface area contributed by atoms with Crippen molar-refractivity contribution in [3.05, 3.63) is 0 Å². The Morgan fingerprint density at radius 3 is 2.35 bits per heavy atom. The van der Waals surface area contributed by atoms with Gasteiger partial charge in [-0.2, -0.15) is 0 Å². The highest BCUT2D eigenvalue weighted by atomic mass is 32.2. The fraction of sp³-hybridized carbons (Fsp3) is 0.889. The van der Waals surface area contributed by atoms with Gasteiger partial charge in [0.1, 0.15) is 10.9 Å². The molecule has 2 aliphatic rings. The van der Waals surface area contributed by atoms with Crippen LogP contribution in [0.2, 0.25) is 0 Å². The standard InChI is InChI=1S/C18H32N2O5S/c1-12(2)15(21)25-13-10-14(19-26(24)17(3,4)5)18(11-13)6-8-20(9-7-18)16(22)23/h12-14,19H,6-11H2,1-5H3,(H,22,23)/t13?,14?,26-/m1/s1. The molecule has 1 aliphatic carbocycles. The molecular weight excluding hydrogens is 356 g/mol. The van der Waals surface area contributed by atoms with E-state index in [1.165, 1.54) is 4.90 Å². The average Bonchev–Trinajstić information content (AvgIpc) is 2.83. The number of carboxylic acid groups (broad SMARTS) is 1. The Bertz CT molecular complexity index is 526. The van der Waals surface area contributed by atoms with Gasteiger partial charge >= 0.3 is 12.1 Å². The van der Waals surface area contributed by atoms with Crippen LogP contribution in [0.25, 0.3) is 0 Å². The molecule has 1 amide bonds. The smallest absolute Gasteiger partial charge is 0.407 e. The number of hydrogen-bond acceptors (Lipinski definition) is 5. The van der Waals surface area contributed by atoms with E-state index in [2.05, 4.69) is 4.72 Å². The van der Waals surface area contributed by atoms with Crippen molar-refractivity contribution >= 4 is 23.4 Å². The first kappa shape index (κ1) is 21.3. The number of piperidine rings is 1. The summed E-state index contributed by atoms with van der Waals surface area (Å²) in [6.45, 7) is 10.3. The van der Waals surface area contributed by atoms with E-state index in [9.17, 15) is 19.2 Å². The van der Waals surface area contributed by atoms with Gasteiger partial charge in [-0.3, -0.25) is 4.79 Å². The number of amides is 1. The molecule has 150 valence electrons. The van der Waals surface area contributed by atoms with E-state index in [0.717, 1.165) is 0 Å². The maximum Gasteiger partial charge on any atom is 0.407 e. The molecule has 1 saturated carbocycles. The molecule has 1 aliphatic heterocycles. The van der Waals surface area contributed by atoms with Gasteiger partial charge in [0.05, 0.1) is 12.0 Å². The lowest BCUT2D eigenvalue weighted by Crippen LogP contribution is -2.53. The van der Waals surface area contributed by atoms with E-state index in [4.69, 9.17) is 4.74 Å². The lowest BCUT2D eigenvalue weighted by molar-refractivity contribution is -0.152. The normalized spacial score (nSPS) is 27.0. The molecule has 0 aromatic heterocycles. The Morgan fingerprint density at radius 2 is 1.88 bits per heavy atom. The second-order valence-corrected chi connectivity index (χ2v) is 10.8. The largest absolute Gasteiger partial charge is 0.598 e. The summed E-state index contributed by atoms with van der Waals surface area (Å²) in [7, 11) is 0. The first-order valence-corrected chi connectivity index (χ1v) is 10.5. The van der Waals surface area contributed by atoms with Crippen LogP contribution in [-0.2, 0) is 20.9 Å². The predicted octanol–water partition coefficient (Wildman–Crippen LogP) is 2.53. The molecule has 0 radical (unpaired) electrons. The first-order valence-electron chi connectivity index (χ1n) is 9.31. The number of nitrogens with zero attached hydrogens (tertiary/aromatic N) is 1. The third-order valence-electron chi connectivity index (χ3n) is 5.46. The van der Waals surface area contributed by atoms with Gasteiger partial charge in [0, 0.05) is 30.9 Å². The summed E-state index contributed by atoms with van der Waals surface area (Å²) in [6, 6.07) is -0.0523. The van der Waals surface area contributed by atoms with Crippen molar-refractivity contribution in [1.82, 2.24) is 9.62 Å². The minimum atomic E-state index is -1.23. The Balaban J connectivity index is 2.13. The molecule has 3 atom stereocenters. The van der Waals surface area contributed by atoms with Crippen LogP contribution in [0.4, 0.5) is 4.79 Å². The van der Waals surface area contributed by atoms with Crippen molar-refractivity contribution in [2.45, 2.75) is 77.2 Å². The van der Waals surface area contributed by atoms with Gasteiger partial charge in [-0.15, -0.1) is 4.72 Å². The zero-order chi connectivity index (χ0) is 19.7. The first-order chi connectivity index (χ1) is 11.9. The van der Waals surface area contributed by atoms with Crippen LogP contribution in [0.5, 0.6) is 0 Å². The monoisotopic (exact) mass is 388 g/mol. The van der Waals surface area contributed by atoms with Gasteiger partial charge in [0.2, 0.25) is 0 Å². The number of carbonyl (C=O) groups is 2. The maximum absolute atomic E-state index is 12.6. The third kappa shape index (κ3) is 4.84. The minimum Gasteiger partial charge on any atom is -0.598 e. The van der Waals surface area contributed by atoms with E-state index in [1.54, 1.807) is 0 Å². The highest BCUT2D eigenvalue weighted by Gasteiger charge is 2.52. The van der Waals surface area contributed by atoms with Crippen LogP contribution in [0.1, 0.15) is 60.3 Å². The molecule has 7 nitrogen and oxygen atoms in total. The molecule has 2 rings (SSSR count). The van der Waals surface area contributed by atoms with Gasteiger partial charge in [-0.25, -0.2) is 4.79 Å². The van der Waals surface area contributed by atoms with Crippen molar-refractivity contribution < 1.29 is 24.0 Å². The van der Waals surface area contributed by atoms with Gasteiger partial charge in [0.15, 0.2) is 0 Å². The molecule has 0 bridgehead atoms. The summed E-state index contributed by atoms with van der Waals surface area (Å²) in [5.41, 5.74) is -0.186. The lowest BCUT2D eigenvalue weighted by Gasteiger charge is -2.42. The van der Waals surface area contributed by atoms with Crippen LogP contribution in [0.15, 0.2) is 0 Å². The van der Waals surface area contributed by atoms with Gasteiger partial charge < -0.3 is 19.3 Å². The van der Waals surface area contributed by atoms with Crippen LogP contribution in [0.3, 0.4) is 0 Å². The molecule has 0 aromatic carbocycles. The SMILES string of the molecule is CC(C)C(=O)OC1CC(N[S@+]([O-])C(C)(C)C)C2(CCN(C(=O)O)CC2)C1.